The highest BCUT2D eigenvalue weighted by molar-refractivity contribution is 7.07. The molecule has 0 atom stereocenters. The lowest BCUT2D eigenvalue weighted by atomic mass is 10.1. The van der Waals surface area contributed by atoms with Crippen LogP contribution in [0.25, 0.3) is 0 Å². The van der Waals surface area contributed by atoms with Crippen LogP contribution in [-0.4, -0.2) is 26.7 Å². The maximum absolute atomic E-state index is 13.7. The van der Waals surface area contributed by atoms with Gasteiger partial charge in [-0.25, -0.2) is 0 Å². The summed E-state index contributed by atoms with van der Waals surface area (Å²) >= 11 is 1.22. The van der Waals surface area contributed by atoms with Crippen molar-refractivity contribution in [2.24, 2.45) is 0 Å². The molecule has 4 aromatic carbocycles. The summed E-state index contributed by atoms with van der Waals surface area (Å²) in [5.74, 6) is 1.30. The van der Waals surface area contributed by atoms with Crippen molar-refractivity contribution in [1.82, 2.24) is 14.3 Å². The van der Waals surface area contributed by atoms with Crippen molar-refractivity contribution < 1.29 is 9.53 Å². The summed E-state index contributed by atoms with van der Waals surface area (Å²) in [5, 5.41) is 0.467. The van der Waals surface area contributed by atoms with Gasteiger partial charge in [0.25, 0.3) is 11.1 Å². The van der Waals surface area contributed by atoms with E-state index in [1.54, 1.807) is 0 Å². The third-order valence-electron chi connectivity index (χ3n) is 6.30. The predicted octanol–water partition coefficient (Wildman–Crippen LogP) is 7.11. The fourth-order valence-corrected chi connectivity index (χ4v) is 4.78. The highest BCUT2D eigenvalue weighted by Gasteiger charge is 2.19. The van der Waals surface area contributed by atoms with E-state index in [0.29, 0.717) is 36.0 Å². The number of aryl methyl sites for hydroxylation is 1. The van der Waals surface area contributed by atoms with Crippen molar-refractivity contribution in [3.05, 3.63) is 143 Å². The first-order valence-electron chi connectivity index (χ1n) is 12.7. The van der Waals surface area contributed by atoms with Crippen LogP contribution in [0.1, 0.15) is 38.4 Å². The van der Waals surface area contributed by atoms with E-state index in [1.807, 2.05) is 84.6 Å². The first-order chi connectivity index (χ1) is 18.6. The number of rotatable bonds is 10. The number of carbonyl (C=O) groups excluding carboxylic acids is 1. The Morgan fingerprint density at radius 2 is 1.45 bits per heavy atom. The second kappa shape index (κ2) is 12.3. The molecular formula is C32H29N3O2S. The molecule has 1 aromatic heterocycles. The van der Waals surface area contributed by atoms with Gasteiger partial charge < -0.3 is 9.64 Å². The van der Waals surface area contributed by atoms with Crippen molar-refractivity contribution in [3.8, 4) is 10.9 Å². The molecule has 0 bridgehead atoms. The highest BCUT2D eigenvalue weighted by Crippen LogP contribution is 2.28. The SMILES string of the molecule is Cc1ccc(C(=O)N(CCc2ccccc2)Cc2ccccc2)cc1Oc1nc(Cc2ccccc2)ns1. The van der Waals surface area contributed by atoms with E-state index in [0.717, 1.165) is 28.9 Å². The van der Waals surface area contributed by atoms with Crippen LogP contribution in [0, 0.1) is 6.92 Å². The minimum absolute atomic E-state index is 0.0309. The van der Waals surface area contributed by atoms with Crippen LogP contribution in [0.5, 0.6) is 10.9 Å². The van der Waals surface area contributed by atoms with E-state index in [1.165, 1.54) is 17.1 Å². The molecule has 38 heavy (non-hydrogen) atoms. The molecular weight excluding hydrogens is 490 g/mol. The third kappa shape index (κ3) is 6.72. The van der Waals surface area contributed by atoms with Gasteiger partial charge in [-0.1, -0.05) is 97.1 Å². The molecule has 5 aromatic rings. The number of aromatic nitrogens is 2. The summed E-state index contributed by atoms with van der Waals surface area (Å²) in [6, 6.07) is 36.1. The van der Waals surface area contributed by atoms with Gasteiger partial charge in [0.15, 0.2) is 5.82 Å². The van der Waals surface area contributed by atoms with Gasteiger partial charge in [-0.3, -0.25) is 4.79 Å². The summed E-state index contributed by atoms with van der Waals surface area (Å²) in [6.45, 7) is 3.11. The lowest BCUT2D eigenvalue weighted by Gasteiger charge is -2.23. The van der Waals surface area contributed by atoms with Crippen LogP contribution in [0.2, 0.25) is 0 Å². The molecule has 6 heteroatoms. The Labute approximate surface area is 227 Å². The maximum atomic E-state index is 13.7. The Kier molecular flexibility index (Phi) is 8.21. The molecule has 5 nitrogen and oxygen atoms in total. The molecule has 190 valence electrons. The third-order valence-corrected chi connectivity index (χ3v) is 6.94. The van der Waals surface area contributed by atoms with Gasteiger partial charge >= 0.3 is 0 Å². The van der Waals surface area contributed by atoms with Gasteiger partial charge in [0.1, 0.15) is 5.75 Å². The Morgan fingerprint density at radius 3 is 2.13 bits per heavy atom. The first kappa shape index (κ1) is 25.4. The fraction of sp³-hybridized carbons (Fsp3) is 0.156. The normalized spacial score (nSPS) is 10.8. The molecule has 1 amide bonds. The van der Waals surface area contributed by atoms with E-state index in [-0.39, 0.29) is 5.91 Å². The fourth-order valence-electron chi connectivity index (χ4n) is 4.21. The zero-order chi connectivity index (χ0) is 26.2. The molecule has 0 spiro atoms. The van der Waals surface area contributed by atoms with Gasteiger partial charge in [0.2, 0.25) is 0 Å². The summed E-state index contributed by atoms with van der Waals surface area (Å²) in [4.78, 5) is 20.2. The molecule has 0 fully saturated rings. The van der Waals surface area contributed by atoms with Crippen LogP contribution in [0.3, 0.4) is 0 Å². The molecule has 0 aliphatic heterocycles. The molecule has 0 unspecified atom stereocenters. The molecule has 0 saturated heterocycles. The Balaban J connectivity index is 1.33. The van der Waals surface area contributed by atoms with E-state index < -0.39 is 0 Å². The smallest absolute Gasteiger partial charge is 0.298 e. The van der Waals surface area contributed by atoms with Gasteiger partial charge in [0, 0.05) is 36.6 Å². The van der Waals surface area contributed by atoms with Gasteiger partial charge in [-0.05, 0) is 47.7 Å². The van der Waals surface area contributed by atoms with E-state index in [4.69, 9.17) is 4.74 Å². The number of hydrogen-bond acceptors (Lipinski definition) is 5. The van der Waals surface area contributed by atoms with E-state index in [9.17, 15) is 4.79 Å². The van der Waals surface area contributed by atoms with Crippen molar-refractivity contribution in [3.63, 3.8) is 0 Å². The quantitative estimate of drug-likeness (QED) is 0.197. The maximum Gasteiger partial charge on any atom is 0.298 e. The monoisotopic (exact) mass is 519 g/mol. The van der Waals surface area contributed by atoms with E-state index >= 15 is 0 Å². The Bertz CT molecular complexity index is 1470. The minimum Gasteiger partial charge on any atom is -0.430 e. The molecule has 0 N–H and O–H groups in total. The van der Waals surface area contributed by atoms with Crippen LogP contribution < -0.4 is 4.74 Å². The summed E-state index contributed by atoms with van der Waals surface area (Å²) in [7, 11) is 0. The Morgan fingerprint density at radius 1 is 0.816 bits per heavy atom. The number of nitrogens with zero attached hydrogens (tertiary/aromatic N) is 3. The molecule has 0 aliphatic carbocycles. The zero-order valence-electron chi connectivity index (χ0n) is 21.3. The predicted molar refractivity (Wildman–Crippen MR) is 152 cm³/mol. The summed E-state index contributed by atoms with van der Waals surface area (Å²) < 4.78 is 10.6. The molecule has 0 aliphatic rings. The molecule has 1 heterocycles. The van der Waals surface area contributed by atoms with Crippen molar-refractivity contribution in [2.75, 3.05) is 6.54 Å². The average molecular weight is 520 g/mol. The first-order valence-corrected chi connectivity index (χ1v) is 13.4. The summed E-state index contributed by atoms with van der Waals surface area (Å²) in [6.07, 6.45) is 1.43. The van der Waals surface area contributed by atoms with Crippen LogP contribution in [0.4, 0.5) is 0 Å². The largest absolute Gasteiger partial charge is 0.430 e. The van der Waals surface area contributed by atoms with Gasteiger partial charge in [-0.2, -0.15) is 9.36 Å². The van der Waals surface area contributed by atoms with Crippen molar-refractivity contribution in [1.29, 1.82) is 0 Å². The lowest BCUT2D eigenvalue weighted by Crippen LogP contribution is -2.32. The number of amides is 1. The molecule has 5 rings (SSSR count). The molecule has 0 radical (unpaired) electrons. The highest BCUT2D eigenvalue weighted by atomic mass is 32.1. The second-order valence-corrected chi connectivity index (χ2v) is 9.88. The lowest BCUT2D eigenvalue weighted by molar-refractivity contribution is 0.0744. The van der Waals surface area contributed by atoms with Crippen molar-refractivity contribution in [2.45, 2.75) is 26.3 Å². The van der Waals surface area contributed by atoms with Crippen LogP contribution in [0.15, 0.2) is 109 Å². The van der Waals surface area contributed by atoms with Crippen molar-refractivity contribution >= 4 is 17.4 Å². The number of carbonyl (C=O) groups is 1. The van der Waals surface area contributed by atoms with E-state index in [2.05, 4.69) is 45.8 Å². The van der Waals surface area contributed by atoms with Gasteiger partial charge in [-0.15, -0.1) is 0 Å². The Hall–Kier alpha value is -4.29. The number of ether oxygens (including phenoxy) is 1. The minimum atomic E-state index is -0.0309. The van der Waals surface area contributed by atoms with Crippen LogP contribution >= 0.6 is 11.5 Å². The molecule has 0 saturated carbocycles. The topological polar surface area (TPSA) is 55.3 Å². The van der Waals surface area contributed by atoms with Gasteiger partial charge in [0.05, 0.1) is 0 Å². The number of hydrogen-bond donors (Lipinski definition) is 0. The zero-order valence-corrected chi connectivity index (χ0v) is 22.1. The summed E-state index contributed by atoms with van der Waals surface area (Å²) in [5.41, 5.74) is 4.96. The standard InChI is InChI=1S/C32H29N3O2S/c1-24-17-18-28(22-29(24)37-32-33-30(34-38-32)21-26-13-7-3-8-14-26)31(36)35(23-27-15-9-4-10-16-27)20-19-25-11-5-2-6-12-25/h2-18,22H,19-21,23H2,1H3. The number of benzene rings is 4. The van der Waals surface area contributed by atoms with Crippen LogP contribution in [-0.2, 0) is 19.4 Å². The average Bonchev–Trinajstić information content (AvgIpc) is 3.40. The second-order valence-electron chi connectivity index (χ2n) is 9.17.